The number of allylic oxidation sites excluding steroid dienone is 2. The molecule has 0 amide bonds. The van der Waals surface area contributed by atoms with Crippen LogP contribution in [0, 0.1) is 5.92 Å². The Hall–Kier alpha value is -1.92. The van der Waals surface area contributed by atoms with Crippen molar-refractivity contribution >= 4 is 11.9 Å². The number of fused-ring (bicyclic) bond motifs is 3. The minimum absolute atomic E-state index is 0.192. The molecule has 0 aromatic carbocycles. The van der Waals surface area contributed by atoms with Gasteiger partial charge in [-0.25, -0.2) is 9.59 Å². The minimum Gasteiger partial charge on any atom is -0.455 e. The van der Waals surface area contributed by atoms with Gasteiger partial charge in [0.15, 0.2) is 0 Å². The van der Waals surface area contributed by atoms with Gasteiger partial charge in [0.2, 0.25) is 0 Å². The second-order valence-electron chi connectivity index (χ2n) is 7.55. The van der Waals surface area contributed by atoms with Crippen molar-refractivity contribution in [1.29, 1.82) is 0 Å². The summed E-state index contributed by atoms with van der Waals surface area (Å²) in [5.41, 5.74) is 1.00. The average Bonchev–Trinajstić information content (AvgIpc) is 3.18. The Morgan fingerprint density at radius 2 is 2.19 bits per heavy atom. The Kier molecular flexibility index (Phi) is 4.84. The van der Waals surface area contributed by atoms with Gasteiger partial charge in [0.25, 0.3) is 0 Å². The molecule has 0 aromatic heterocycles. The normalized spacial score (nSPS) is 40.1. The maximum atomic E-state index is 12.3. The van der Waals surface area contributed by atoms with Crippen LogP contribution in [0.2, 0.25) is 0 Å². The van der Waals surface area contributed by atoms with Crippen molar-refractivity contribution in [2.24, 2.45) is 5.92 Å². The lowest BCUT2D eigenvalue weighted by Crippen LogP contribution is -2.44. The number of ether oxygens (including phenoxy) is 3. The highest BCUT2D eigenvalue weighted by molar-refractivity contribution is 5.91. The third-order valence-electron chi connectivity index (χ3n) is 5.72. The van der Waals surface area contributed by atoms with Crippen LogP contribution in [0.25, 0.3) is 0 Å². The molecule has 2 aliphatic heterocycles. The van der Waals surface area contributed by atoms with E-state index in [-0.39, 0.29) is 17.3 Å². The highest BCUT2D eigenvalue weighted by atomic mass is 16.6. The van der Waals surface area contributed by atoms with Crippen LogP contribution >= 0.6 is 0 Å². The fourth-order valence-electron chi connectivity index (χ4n) is 3.78. The molecule has 2 saturated heterocycles. The minimum atomic E-state index is -1.14. The standard InChI is InChI=1S/C20H26O6/c1-6-10(2)18(22)24-15-11(3)8-7-9-20(5)17(26-20)16-13(14(15)21)12(4)19(23)25-16/h6,8,13-17,21H,4,7,9H2,1-3,5H3. The highest BCUT2D eigenvalue weighted by Gasteiger charge is 2.63. The average molecular weight is 362 g/mol. The van der Waals surface area contributed by atoms with Crippen LogP contribution in [0.5, 0.6) is 0 Å². The topological polar surface area (TPSA) is 85.4 Å². The molecule has 0 aromatic rings. The Balaban J connectivity index is 1.96. The van der Waals surface area contributed by atoms with E-state index in [1.807, 2.05) is 19.9 Å². The summed E-state index contributed by atoms with van der Waals surface area (Å²) < 4.78 is 16.9. The van der Waals surface area contributed by atoms with Crippen molar-refractivity contribution in [3.05, 3.63) is 35.5 Å². The molecule has 0 radical (unpaired) electrons. The number of carbonyl (C=O) groups excluding carboxylic acids is 2. The number of aliphatic hydroxyl groups excluding tert-OH is 1. The molecular weight excluding hydrogens is 336 g/mol. The number of esters is 2. The van der Waals surface area contributed by atoms with Crippen LogP contribution in [0.15, 0.2) is 35.5 Å². The SMILES string of the molecule is C=C1C(=O)OC2C1C(O)C(OC(=O)C(C)=CC)C(C)=CCCC1(C)OC21. The van der Waals surface area contributed by atoms with Crippen molar-refractivity contribution in [3.8, 4) is 0 Å². The van der Waals surface area contributed by atoms with Crippen LogP contribution in [-0.2, 0) is 23.8 Å². The molecular formula is C20H26O6. The smallest absolute Gasteiger partial charge is 0.334 e. The van der Waals surface area contributed by atoms with Crippen LogP contribution in [0.3, 0.4) is 0 Å². The van der Waals surface area contributed by atoms with Gasteiger partial charge in [-0.3, -0.25) is 0 Å². The lowest BCUT2D eigenvalue weighted by Gasteiger charge is -2.31. The first kappa shape index (κ1) is 18.9. The lowest BCUT2D eigenvalue weighted by molar-refractivity contribution is -0.151. The molecule has 2 heterocycles. The lowest BCUT2D eigenvalue weighted by atomic mass is 9.81. The highest BCUT2D eigenvalue weighted by Crippen LogP contribution is 2.50. The number of carbonyl (C=O) groups is 2. The summed E-state index contributed by atoms with van der Waals surface area (Å²) in [7, 11) is 0. The third kappa shape index (κ3) is 3.12. The maximum absolute atomic E-state index is 12.3. The molecule has 3 rings (SSSR count). The van der Waals surface area contributed by atoms with Crippen LogP contribution in [-0.4, -0.2) is 47.1 Å². The molecule has 1 N–H and O–H groups in total. The van der Waals surface area contributed by atoms with Gasteiger partial charge in [-0.2, -0.15) is 0 Å². The number of epoxide rings is 1. The number of rotatable bonds is 2. The fourth-order valence-corrected chi connectivity index (χ4v) is 3.78. The Morgan fingerprint density at radius 1 is 1.50 bits per heavy atom. The van der Waals surface area contributed by atoms with Crippen molar-refractivity contribution in [3.63, 3.8) is 0 Å². The summed E-state index contributed by atoms with van der Waals surface area (Å²) in [6, 6.07) is 0. The first-order chi connectivity index (χ1) is 12.2. The van der Waals surface area contributed by atoms with Crippen molar-refractivity contribution in [2.45, 2.75) is 70.6 Å². The zero-order chi connectivity index (χ0) is 19.2. The van der Waals surface area contributed by atoms with E-state index >= 15 is 0 Å². The Labute approximate surface area is 153 Å². The summed E-state index contributed by atoms with van der Waals surface area (Å²) in [4.78, 5) is 24.4. The maximum Gasteiger partial charge on any atom is 0.334 e. The van der Waals surface area contributed by atoms with E-state index < -0.39 is 36.2 Å². The summed E-state index contributed by atoms with van der Waals surface area (Å²) in [5.74, 6) is -1.71. The van der Waals surface area contributed by atoms with Crippen molar-refractivity contribution in [1.82, 2.24) is 0 Å². The predicted octanol–water partition coefficient (Wildman–Crippen LogP) is 2.22. The Morgan fingerprint density at radius 3 is 2.85 bits per heavy atom. The van der Waals surface area contributed by atoms with Gasteiger partial charge in [0.05, 0.1) is 11.5 Å². The molecule has 6 nitrogen and oxygen atoms in total. The Bertz CT molecular complexity index is 705. The molecule has 0 bridgehead atoms. The monoisotopic (exact) mass is 362 g/mol. The first-order valence-electron chi connectivity index (χ1n) is 8.96. The molecule has 6 unspecified atom stereocenters. The van der Waals surface area contributed by atoms with Gasteiger partial charge in [-0.15, -0.1) is 0 Å². The van der Waals surface area contributed by atoms with E-state index in [2.05, 4.69) is 6.58 Å². The molecule has 2 fully saturated rings. The van der Waals surface area contributed by atoms with Crippen LogP contribution < -0.4 is 0 Å². The molecule has 26 heavy (non-hydrogen) atoms. The molecule has 0 saturated carbocycles. The quantitative estimate of drug-likeness (QED) is 0.351. The zero-order valence-electron chi connectivity index (χ0n) is 15.7. The van der Waals surface area contributed by atoms with E-state index in [1.54, 1.807) is 19.9 Å². The second-order valence-corrected chi connectivity index (χ2v) is 7.55. The summed E-state index contributed by atoms with van der Waals surface area (Å²) in [6.07, 6.45) is 2.16. The number of aliphatic hydroxyl groups is 1. The molecule has 3 aliphatic rings. The second kappa shape index (κ2) is 6.67. The van der Waals surface area contributed by atoms with Gasteiger partial charge < -0.3 is 19.3 Å². The predicted molar refractivity (Wildman–Crippen MR) is 94.1 cm³/mol. The summed E-state index contributed by atoms with van der Waals surface area (Å²) in [6.45, 7) is 11.0. The zero-order valence-corrected chi connectivity index (χ0v) is 15.7. The molecule has 6 heteroatoms. The van der Waals surface area contributed by atoms with Gasteiger partial charge in [0, 0.05) is 11.1 Å². The van der Waals surface area contributed by atoms with Gasteiger partial charge in [-0.05, 0) is 46.1 Å². The third-order valence-corrected chi connectivity index (χ3v) is 5.72. The molecule has 142 valence electrons. The van der Waals surface area contributed by atoms with Gasteiger partial charge >= 0.3 is 11.9 Å². The van der Waals surface area contributed by atoms with Crippen molar-refractivity contribution < 1.29 is 28.9 Å². The molecule has 0 spiro atoms. The van der Waals surface area contributed by atoms with Crippen LogP contribution in [0.4, 0.5) is 0 Å². The van der Waals surface area contributed by atoms with E-state index in [1.165, 1.54) is 0 Å². The van der Waals surface area contributed by atoms with E-state index in [0.717, 1.165) is 12.0 Å². The summed E-state index contributed by atoms with van der Waals surface area (Å²) >= 11 is 0. The van der Waals surface area contributed by atoms with Crippen LogP contribution in [0.1, 0.15) is 40.5 Å². The summed E-state index contributed by atoms with van der Waals surface area (Å²) in [5, 5.41) is 11.1. The van der Waals surface area contributed by atoms with E-state index in [9.17, 15) is 14.7 Å². The van der Waals surface area contributed by atoms with Gasteiger partial charge in [0.1, 0.15) is 24.4 Å². The molecule has 1 aliphatic carbocycles. The largest absolute Gasteiger partial charge is 0.455 e. The molecule has 6 atom stereocenters. The first-order valence-corrected chi connectivity index (χ1v) is 8.96. The van der Waals surface area contributed by atoms with Gasteiger partial charge in [-0.1, -0.05) is 18.7 Å². The van der Waals surface area contributed by atoms with E-state index in [4.69, 9.17) is 14.2 Å². The number of hydrogen-bond acceptors (Lipinski definition) is 6. The fraction of sp³-hybridized carbons (Fsp3) is 0.600. The van der Waals surface area contributed by atoms with E-state index in [0.29, 0.717) is 12.0 Å². The van der Waals surface area contributed by atoms with Crippen molar-refractivity contribution in [2.75, 3.05) is 0 Å². The number of hydrogen-bond donors (Lipinski definition) is 1.